The van der Waals surface area contributed by atoms with Gasteiger partial charge in [0.05, 0.1) is 12.0 Å². The number of hydrogen-bond donors (Lipinski definition) is 3. The quantitative estimate of drug-likeness (QED) is 0.724. The average Bonchev–Trinajstić information content (AvgIpc) is 3.20. The Morgan fingerprint density at radius 2 is 2.00 bits per heavy atom. The molecule has 152 valence electrons. The van der Waals surface area contributed by atoms with Gasteiger partial charge in [-0.3, -0.25) is 4.79 Å². The lowest BCUT2D eigenvalue weighted by Gasteiger charge is -2.29. The average molecular weight is 394 g/mol. The van der Waals surface area contributed by atoms with Crippen LogP contribution in [0.1, 0.15) is 37.8 Å². The normalized spacial score (nSPS) is 20.7. The molecule has 0 bridgehead atoms. The Morgan fingerprint density at radius 3 is 2.76 bits per heavy atom. The van der Waals surface area contributed by atoms with E-state index in [-0.39, 0.29) is 30.8 Å². The predicted molar refractivity (Wildman–Crippen MR) is 111 cm³/mol. The van der Waals surface area contributed by atoms with Gasteiger partial charge >= 0.3 is 0 Å². The van der Waals surface area contributed by atoms with E-state index < -0.39 is 5.41 Å². The molecule has 1 amide bonds. The number of carbonyl (C=O) groups is 1. The molecular formula is C23H26N2O4. The number of anilines is 2. The minimum Gasteiger partial charge on any atom is -0.454 e. The summed E-state index contributed by atoms with van der Waals surface area (Å²) in [6, 6.07) is 12.0. The molecule has 6 heteroatoms. The molecule has 2 aromatic rings. The maximum absolute atomic E-state index is 13.1. The Kier molecular flexibility index (Phi) is 4.03. The fourth-order valence-corrected chi connectivity index (χ4v) is 4.24. The van der Waals surface area contributed by atoms with Crippen molar-refractivity contribution < 1.29 is 19.4 Å². The summed E-state index contributed by atoms with van der Waals surface area (Å²) in [5.41, 5.74) is 3.34. The third-order valence-electron chi connectivity index (χ3n) is 6.58. The van der Waals surface area contributed by atoms with Crippen LogP contribution in [0.3, 0.4) is 0 Å². The molecule has 0 radical (unpaired) electrons. The van der Waals surface area contributed by atoms with Crippen LogP contribution in [0.25, 0.3) is 0 Å². The monoisotopic (exact) mass is 394 g/mol. The third kappa shape index (κ3) is 3.02. The molecular weight excluding hydrogens is 368 g/mol. The summed E-state index contributed by atoms with van der Waals surface area (Å²) in [6.07, 6.45) is 2.50. The maximum atomic E-state index is 13.1. The number of carbonyl (C=O) groups excluding carboxylic acids is 1. The first-order chi connectivity index (χ1) is 13.9. The molecule has 0 saturated heterocycles. The van der Waals surface area contributed by atoms with E-state index >= 15 is 0 Å². The van der Waals surface area contributed by atoms with Crippen LogP contribution < -0.4 is 20.1 Å². The fraction of sp³-hybridized carbons (Fsp3) is 0.435. The summed E-state index contributed by atoms with van der Waals surface area (Å²) in [4.78, 5) is 13.1. The van der Waals surface area contributed by atoms with E-state index in [2.05, 4.69) is 24.5 Å². The number of amides is 1. The van der Waals surface area contributed by atoms with Gasteiger partial charge in [0.1, 0.15) is 0 Å². The molecule has 0 spiro atoms. The zero-order chi connectivity index (χ0) is 20.2. The topological polar surface area (TPSA) is 79.8 Å². The molecule has 29 heavy (non-hydrogen) atoms. The molecule has 2 aliphatic heterocycles. The molecule has 1 aliphatic carbocycles. The molecule has 3 N–H and O–H groups in total. The van der Waals surface area contributed by atoms with Crippen LogP contribution >= 0.6 is 0 Å². The Morgan fingerprint density at radius 1 is 1.21 bits per heavy atom. The molecule has 1 atom stereocenters. The van der Waals surface area contributed by atoms with E-state index in [0.717, 1.165) is 42.0 Å². The van der Waals surface area contributed by atoms with Gasteiger partial charge in [0, 0.05) is 22.8 Å². The number of aliphatic hydroxyl groups excluding tert-OH is 1. The highest BCUT2D eigenvalue weighted by molar-refractivity contribution is 6.01. The first kappa shape index (κ1) is 18.3. The standard InChI is InChI=1S/C23H26N2O4/c1-22(2,12-26)20-10-14-9-16(4-5-17(14)25-20)24-21(27)23(7-8-23)15-3-6-18-19(11-15)29-13-28-18/h3-6,9,11,20,25-26H,7-8,10,12-13H2,1-2H3,(H,24,27). The Labute approximate surface area is 170 Å². The van der Waals surface area contributed by atoms with E-state index in [9.17, 15) is 9.90 Å². The second kappa shape index (κ2) is 6.39. The van der Waals surface area contributed by atoms with E-state index in [1.54, 1.807) is 0 Å². The van der Waals surface area contributed by atoms with Crippen LogP contribution in [0.15, 0.2) is 36.4 Å². The molecule has 5 rings (SSSR count). The number of ether oxygens (including phenoxy) is 2. The Bertz CT molecular complexity index is 981. The summed E-state index contributed by atoms with van der Waals surface area (Å²) >= 11 is 0. The molecule has 0 aromatic heterocycles. The smallest absolute Gasteiger partial charge is 0.235 e. The lowest BCUT2D eigenvalue weighted by molar-refractivity contribution is -0.118. The van der Waals surface area contributed by atoms with Gasteiger partial charge in [-0.15, -0.1) is 0 Å². The van der Waals surface area contributed by atoms with Gasteiger partial charge in [-0.1, -0.05) is 19.9 Å². The summed E-state index contributed by atoms with van der Waals surface area (Å²) < 4.78 is 10.9. The number of fused-ring (bicyclic) bond motifs is 2. The first-order valence-electron chi connectivity index (χ1n) is 10.1. The van der Waals surface area contributed by atoms with Crippen LogP contribution in [0, 0.1) is 5.41 Å². The van der Waals surface area contributed by atoms with Crippen molar-refractivity contribution in [1.82, 2.24) is 0 Å². The molecule has 6 nitrogen and oxygen atoms in total. The van der Waals surface area contributed by atoms with Crippen molar-refractivity contribution in [2.45, 2.75) is 44.6 Å². The first-order valence-corrected chi connectivity index (χ1v) is 10.1. The lowest BCUT2D eigenvalue weighted by Crippen LogP contribution is -2.37. The summed E-state index contributed by atoms with van der Waals surface area (Å²) in [5.74, 6) is 1.47. The summed E-state index contributed by atoms with van der Waals surface area (Å²) in [5, 5.41) is 16.3. The van der Waals surface area contributed by atoms with Gasteiger partial charge in [0.15, 0.2) is 11.5 Å². The van der Waals surface area contributed by atoms with Gasteiger partial charge in [-0.05, 0) is 60.7 Å². The maximum Gasteiger partial charge on any atom is 0.235 e. The molecule has 2 aromatic carbocycles. The second-order valence-electron chi connectivity index (χ2n) is 9.02. The number of aliphatic hydroxyl groups is 1. The van der Waals surface area contributed by atoms with Gasteiger partial charge in [0.2, 0.25) is 12.7 Å². The molecule has 1 saturated carbocycles. The lowest BCUT2D eigenvalue weighted by atomic mass is 9.84. The summed E-state index contributed by atoms with van der Waals surface area (Å²) in [6.45, 7) is 4.47. The van der Waals surface area contributed by atoms with Crippen LogP contribution in [-0.2, 0) is 16.6 Å². The minimum absolute atomic E-state index is 0.0227. The van der Waals surface area contributed by atoms with Crippen molar-refractivity contribution in [2.75, 3.05) is 24.0 Å². The number of rotatable bonds is 5. The summed E-state index contributed by atoms with van der Waals surface area (Å²) in [7, 11) is 0. The third-order valence-corrected chi connectivity index (χ3v) is 6.58. The molecule has 3 aliphatic rings. The second-order valence-corrected chi connectivity index (χ2v) is 9.02. The highest BCUT2D eigenvalue weighted by atomic mass is 16.7. The molecule has 1 unspecified atom stereocenters. The van der Waals surface area contributed by atoms with E-state index in [4.69, 9.17) is 9.47 Å². The molecule has 2 heterocycles. The zero-order valence-electron chi connectivity index (χ0n) is 16.7. The SMILES string of the molecule is CC(C)(CO)C1Cc2cc(NC(=O)C3(c4ccc5c(c4)OCO5)CC3)ccc2N1. The number of benzene rings is 2. The number of nitrogens with one attached hydrogen (secondary N) is 2. The van der Waals surface area contributed by atoms with Crippen LogP contribution in [0.5, 0.6) is 11.5 Å². The largest absolute Gasteiger partial charge is 0.454 e. The van der Waals surface area contributed by atoms with Crippen molar-refractivity contribution in [2.24, 2.45) is 5.41 Å². The minimum atomic E-state index is -0.486. The van der Waals surface area contributed by atoms with Crippen molar-refractivity contribution in [1.29, 1.82) is 0 Å². The highest BCUT2D eigenvalue weighted by Crippen LogP contribution is 2.51. The Hall–Kier alpha value is -2.73. The predicted octanol–water partition coefficient (Wildman–Crippen LogP) is 3.44. The van der Waals surface area contributed by atoms with Gasteiger partial charge in [-0.25, -0.2) is 0 Å². The van der Waals surface area contributed by atoms with Crippen molar-refractivity contribution in [3.05, 3.63) is 47.5 Å². The van der Waals surface area contributed by atoms with Gasteiger partial charge < -0.3 is 25.2 Å². The van der Waals surface area contributed by atoms with E-state index in [0.29, 0.717) is 5.75 Å². The van der Waals surface area contributed by atoms with Gasteiger partial charge in [0.25, 0.3) is 0 Å². The van der Waals surface area contributed by atoms with Crippen molar-refractivity contribution >= 4 is 17.3 Å². The zero-order valence-corrected chi connectivity index (χ0v) is 16.7. The van der Waals surface area contributed by atoms with Crippen molar-refractivity contribution in [3.8, 4) is 11.5 Å². The van der Waals surface area contributed by atoms with Crippen LogP contribution in [0.4, 0.5) is 11.4 Å². The highest BCUT2D eigenvalue weighted by Gasteiger charge is 2.51. The van der Waals surface area contributed by atoms with Crippen LogP contribution in [0.2, 0.25) is 0 Å². The van der Waals surface area contributed by atoms with Crippen LogP contribution in [-0.4, -0.2) is 30.5 Å². The number of hydrogen-bond acceptors (Lipinski definition) is 5. The van der Waals surface area contributed by atoms with Gasteiger partial charge in [-0.2, -0.15) is 0 Å². The van der Waals surface area contributed by atoms with Crippen molar-refractivity contribution in [3.63, 3.8) is 0 Å². The molecule has 1 fully saturated rings. The van der Waals surface area contributed by atoms with E-state index in [1.807, 2.05) is 36.4 Å². The Balaban J connectivity index is 1.33. The fourth-order valence-electron chi connectivity index (χ4n) is 4.24. The van der Waals surface area contributed by atoms with E-state index in [1.165, 1.54) is 5.56 Å².